The molecular weight excluding hydrogens is 256 g/mol. The lowest BCUT2D eigenvalue weighted by atomic mass is 10.1. The van der Waals surface area contributed by atoms with Gasteiger partial charge in [0.1, 0.15) is 5.69 Å². The van der Waals surface area contributed by atoms with Crippen LogP contribution in [-0.2, 0) is 0 Å². The number of aromatic nitrogens is 2. The summed E-state index contributed by atoms with van der Waals surface area (Å²) in [6.45, 7) is 1.70. The van der Waals surface area contributed by atoms with Crippen LogP contribution < -0.4 is 10.6 Å². The fourth-order valence-corrected chi connectivity index (χ4v) is 1.88. The number of nitrogens with zero attached hydrogens (tertiary/aromatic N) is 2. The Bertz CT molecular complexity index is 766. The van der Waals surface area contributed by atoms with Crippen LogP contribution in [0.15, 0.2) is 47.1 Å². The summed E-state index contributed by atoms with van der Waals surface area (Å²) in [7, 11) is 0. The number of carbonyl (C=O) groups excluding carboxylic acids is 1. The molecule has 0 fully saturated rings. The van der Waals surface area contributed by atoms with Crippen molar-refractivity contribution in [2.45, 2.75) is 6.92 Å². The predicted octanol–water partition coefficient (Wildman–Crippen LogP) is 3.18. The molecule has 2 N–H and O–H groups in total. The molecule has 0 atom stereocenters. The van der Waals surface area contributed by atoms with Crippen molar-refractivity contribution in [1.29, 1.82) is 0 Å². The zero-order chi connectivity index (χ0) is 13.9. The van der Waals surface area contributed by atoms with E-state index in [1.807, 2.05) is 42.5 Å². The first-order valence-electron chi connectivity index (χ1n) is 6.08. The molecule has 0 saturated carbocycles. The number of benzene rings is 2. The summed E-state index contributed by atoms with van der Waals surface area (Å²) in [5, 5.41) is 14.7. The number of amides is 2. The van der Waals surface area contributed by atoms with Gasteiger partial charge in [-0.2, -0.15) is 0 Å². The zero-order valence-corrected chi connectivity index (χ0v) is 10.8. The monoisotopic (exact) mass is 268 g/mol. The van der Waals surface area contributed by atoms with E-state index in [0.717, 1.165) is 10.8 Å². The van der Waals surface area contributed by atoms with Crippen LogP contribution in [-0.4, -0.2) is 16.3 Å². The Labute approximate surface area is 114 Å². The largest absolute Gasteiger partial charge is 0.324 e. The van der Waals surface area contributed by atoms with E-state index in [4.69, 9.17) is 0 Å². The number of anilines is 2. The van der Waals surface area contributed by atoms with Gasteiger partial charge in [0, 0.05) is 5.69 Å². The SMILES string of the molecule is Cc1nonc1NC(=O)Nc1ccc2ccccc2c1. The molecule has 1 heterocycles. The third-order valence-electron chi connectivity index (χ3n) is 2.89. The summed E-state index contributed by atoms with van der Waals surface area (Å²) in [6.07, 6.45) is 0. The van der Waals surface area contributed by atoms with Gasteiger partial charge in [-0.3, -0.25) is 5.32 Å². The molecule has 0 unspecified atom stereocenters. The van der Waals surface area contributed by atoms with Crippen LogP contribution >= 0.6 is 0 Å². The number of carbonyl (C=O) groups is 1. The Morgan fingerprint density at radius 3 is 2.60 bits per heavy atom. The van der Waals surface area contributed by atoms with Gasteiger partial charge >= 0.3 is 6.03 Å². The molecule has 0 aliphatic rings. The van der Waals surface area contributed by atoms with Gasteiger partial charge < -0.3 is 5.32 Å². The van der Waals surface area contributed by atoms with Gasteiger partial charge in [-0.25, -0.2) is 9.42 Å². The van der Waals surface area contributed by atoms with E-state index < -0.39 is 0 Å². The van der Waals surface area contributed by atoms with Crippen LogP contribution in [0.1, 0.15) is 5.69 Å². The third-order valence-corrected chi connectivity index (χ3v) is 2.89. The van der Waals surface area contributed by atoms with Crippen molar-refractivity contribution in [3.05, 3.63) is 48.2 Å². The lowest BCUT2D eigenvalue weighted by Crippen LogP contribution is -2.20. The van der Waals surface area contributed by atoms with Crippen LogP contribution in [0.5, 0.6) is 0 Å². The van der Waals surface area contributed by atoms with Crippen molar-refractivity contribution in [3.8, 4) is 0 Å². The molecule has 0 saturated heterocycles. The van der Waals surface area contributed by atoms with E-state index >= 15 is 0 Å². The average Bonchev–Trinajstić information content (AvgIpc) is 2.84. The van der Waals surface area contributed by atoms with Crippen LogP contribution in [0.3, 0.4) is 0 Å². The average molecular weight is 268 g/mol. The van der Waals surface area contributed by atoms with Crippen LogP contribution in [0.25, 0.3) is 10.8 Å². The van der Waals surface area contributed by atoms with Crippen molar-refractivity contribution in [1.82, 2.24) is 10.3 Å². The smallest absolute Gasteiger partial charge is 0.308 e. The molecule has 6 heteroatoms. The molecule has 1 aromatic heterocycles. The minimum atomic E-state index is -0.390. The van der Waals surface area contributed by atoms with Crippen molar-refractivity contribution in [2.75, 3.05) is 10.6 Å². The molecule has 6 nitrogen and oxygen atoms in total. The summed E-state index contributed by atoms with van der Waals surface area (Å²) in [5.74, 6) is 0.309. The molecule has 2 aromatic carbocycles. The lowest BCUT2D eigenvalue weighted by molar-refractivity contribution is 0.261. The van der Waals surface area contributed by atoms with Crippen LogP contribution in [0, 0.1) is 6.92 Å². The van der Waals surface area contributed by atoms with E-state index in [-0.39, 0.29) is 6.03 Å². The topological polar surface area (TPSA) is 80.1 Å². The minimum Gasteiger partial charge on any atom is -0.308 e. The second-order valence-electron chi connectivity index (χ2n) is 4.34. The van der Waals surface area contributed by atoms with Gasteiger partial charge in [-0.1, -0.05) is 35.5 Å². The number of fused-ring (bicyclic) bond motifs is 1. The minimum absolute atomic E-state index is 0.309. The standard InChI is InChI=1S/C14H12N4O2/c1-9-13(18-20-17-9)16-14(19)15-12-7-6-10-4-2-3-5-11(10)8-12/h2-8H,1H3,(H2,15,16,18,19). The number of hydrogen-bond acceptors (Lipinski definition) is 4. The number of rotatable bonds is 2. The predicted molar refractivity (Wildman–Crippen MR) is 75.6 cm³/mol. The summed E-state index contributed by atoms with van der Waals surface area (Å²) in [6, 6.07) is 13.2. The number of nitrogens with one attached hydrogen (secondary N) is 2. The third kappa shape index (κ3) is 2.44. The number of urea groups is 1. The van der Waals surface area contributed by atoms with Crippen molar-refractivity contribution in [2.24, 2.45) is 0 Å². The van der Waals surface area contributed by atoms with Crippen molar-refractivity contribution in [3.63, 3.8) is 0 Å². The molecule has 0 spiro atoms. The molecular formula is C14H12N4O2. The lowest BCUT2D eigenvalue weighted by Gasteiger charge is -2.06. The van der Waals surface area contributed by atoms with Gasteiger partial charge in [0.25, 0.3) is 0 Å². The molecule has 0 radical (unpaired) electrons. The van der Waals surface area contributed by atoms with Gasteiger partial charge in [-0.05, 0) is 35.0 Å². The quantitative estimate of drug-likeness (QED) is 0.748. The summed E-state index contributed by atoms with van der Waals surface area (Å²) in [4.78, 5) is 11.8. The highest BCUT2D eigenvalue weighted by Gasteiger charge is 2.09. The van der Waals surface area contributed by atoms with E-state index in [2.05, 4.69) is 25.6 Å². The van der Waals surface area contributed by atoms with Crippen molar-refractivity contribution >= 4 is 28.3 Å². The van der Waals surface area contributed by atoms with Crippen molar-refractivity contribution < 1.29 is 9.42 Å². The second-order valence-corrected chi connectivity index (χ2v) is 4.34. The number of aryl methyl sites for hydroxylation is 1. The maximum atomic E-state index is 11.8. The summed E-state index contributed by atoms with van der Waals surface area (Å²) >= 11 is 0. The molecule has 20 heavy (non-hydrogen) atoms. The van der Waals surface area contributed by atoms with Gasteiger partial charge in [0.2, 0.25) is 5.82 Å². The van der Waals surface area contributed by atoms with Gasteiger partial charge in [0.05, 0.1) is 0 Å². The molecule has 0 bridgehead atoms. The maximum Gasteiger partial charge on any atom is 0.324 e. The first kappa shape index (κ1) is 12.2. The Balaban J connectivity index is 1.75. The van der Waals surface area contributed by atoms with E-state index in [1.54, 1.807) is 6.92 Å². The maximum absolute atomic E-state index is 11.8. The van der Waals surface area contributed by atoms with Crippen LogP contribution in [0.4, 0.5) is 16.3 Å². The molecule has 0 aliphatic carbocycles. The second kappa shape index (κ2) is 5.00. The number of hydrogen-bond donors (Lipinski definition) is 2. The van der Waals surface area contributed by atoms with E-state index in [1.165, 1.54) is 0 Å². The molecule has 2 amide bonds. The highest BCUT2D eigenvalue weighted by atomic mass is 16.6. The Morgan fingerprint density at radius 1 is 1.05 bits per heavy atom. The Kier molecular flexibility index (Phi) is 3.04. The first-order chi connectivity index (χ1) is 9.72. The van der Waals surface area contributed by atoms with Gasteiger partial charge in [0.15, 0.2) is 0 Å². The summed E-state index contributed by atoms with van der Waals surface area (Å²) in [5.41, 5.74) is 1.23. The molecule has 3 aromatic rings. The molecule has 0 aliphatic heterocycles. The molecule has 3 rings (SSSR count). The zero-order valence-electron chi connectivity index (χ0n) is 10.8. The van der Waals surface area contributed by atoms with Gasteiger partial charge in [-0.15, -0.1) is 0 Å². The Hall–Kier alpha value is -2.89. The fraction of sp³-hybridized carbons (Fsp3) is 0.0714. The molecule has 100 valence electrons. The Morgan fingerprint density at radius 2 is 1.85 bits per heavy atom. The summed E-state index contributed by atoms with van der Waals surface area (Å²) < 4.78 is 4.51. The first-order valence-corrected chi connectivity index (χ1v) is 6.08. The highest BCUT2D eigenvalue weighted by Crippen LogP contribution is 2.19. The normalized spacial score (nSPS) is 10.4. The highest BCUT2D eigenvalue weighted by molar-refractivity contribution is 6.00. The fourth-order valence-electron chi connectivity index (χ4n) is 1.88. The van der Waals surface area contributed by atoms with Crippen LogP contribution in [0.2, 0.25) is 0 Å². The van der Waals surface area contributed by atoms with E-state index in [9.17, 15) is 4.79 Å². The van der Waals surface area contributed by atoms with E-state index in [0.29, 0.717) is 17.2 Å².